The molecule has 0 aliphatic rings. The van der Waals surface area contributed by atoms with Gasteiger partial charge in [0.1, 0.15) is 17.9 Å². The second-order valence-corrected chi connectivity index (χ2v) is 6.72. The summed E-state index contributed by atoms with van der Waals surface area (Å²) in [5, 5.41) is 2.43. The Morgan fingerprint density at radius 3 is 2.46 bits per heavy atom. The van der Waals surface area contributed by atoms with Gasteiger partial charge >= 0.3 is 5.63 Å². The number of hydrogen-bond donors (Lipinski definition) is 0. The van der Waals surface area contributed by atoms with Crippen LogP contribution in [0.5, 0.6) is 5.75 Å². The lowest BCUT2D eigenvalue weighted by Crippen LogP contribution is -2.03. The molecule has 1 heterocycles. The predicted octanol–water partition coefficient (Wildman–Crippen LogP) is 5.45. The molecule has 0 unspecified atom stereocenters. The highest BCUT2D eigenvalue weighted by Gasteiger charge is 2.12. The lowest BCUT2D eigenvalue weighted by molar-refractivity contribution is 0.303. The van der Waals surface area contributed by atoms with Crippen LogP contribution in [0.3, 0.4) is 0 Å². The second-order valence-electron chi connectivity index (χ2n) is 6.72. The molecule has 0 saturated heterocycles. The Morgan fingerprint density at radius 2 is 1.65 bits per heavy atom. The number of hydrogen-bond acceptors (Lipinski definition) is 3. The van der Waals surface area contributed by atoms with Crippen molar-refractivity contribution in [2.75, 3.05) is 0 Å². The molecular formula is C23H20O3. The lowest BCUT2D eigenvalue weighted by Gasteiger charge is -2.13. The molecule has 26 heavy (non-hydrogen) atoms. The van der Waals surface area contributed by atoms with E-state index in [1.165, 1.54) is 11.1 Å². The first-order valence-electron chi connectivity index (χ1n) is 8.68. The minimum atomic E-state index is -0.317. The van der Waals surface area contributed by atoms with Crippen molar-refractivity contribution < 1.29 is 9.15 Å². The molecule has 0 aliphatic carbocycles. The maximum absolute atomic E-state index is 12.3. The van der Waals surface area contributed by atoms with E-state index in [9.17, 15) is 4.79 Å². The highest BCUT2D eigenvalue weighted by Crippen LogP contribution is 2.31. The van der Waals surface area contributed by atoms with E-state index in [-0.39, 0.29) is 5.63 Å². The maximum atomic E-state index is 12.3. The molecule has 0 aliphatic heterocycles. The molecule has 0 spiro atoms. The van der Waals surface area contributed by atoms with Gasteiger partial charge in [-0.15, -0.1) is 0 Å². The molecule has 4 aromatic rings. The minimum absolute atomic E-state index is 0.317. The Kier molecular flexibility index (Phi) is 4.00. The molecule has 3 aromatic carbocycles. The Balaban J connectivity index is 1.77. The summed E-state index contributed by atoms with van der Waals surface area (Å²) in [6, 6.07) is 17.8. The summed E-state index contributed by atoms with van der Waals surface area (Å²) in [6.07, 6.45) is 0. The Labute approximate surface area is 151 Å². The third-order valence-electron chi connectivity index (χ3n) is 4.88. The smallest absolute Gasteiger partial charge is 0.344 e. The monoisotopic (exact) mass is 344 g/mol. The number of fused-ring (bicyclic) bond motifs is 3. The molecule has 0 radical (unpaired) electrons. The van der Waals surface area contributed by atoms with Gasteiger partial charge in [0.05, 0.1) is 5.39 Å². The summed E-state index contributed by atoms with van der Waals surface area (Å²) < 4.78 is 11.7. The van der Waals surface area contributed by atoms with Gasteiger partial charge in [-0.2, -0.15) is 0 Å². The lowest BCUT2D eigenvalue weighted by atomic mass is 10.0. The van der Waals surface area contributed by atoms with Crippen LogP contribution in [-0.4, -0.2) is 0 Å². The second kappa shape index (κ2) is 6.34. The molecule has 0 bridgehead atoms. The zero-order chi connectivity index (χ0) is 18.3. The molecular weight excluding hydrogens is 324 g/mol. The standard InChI is InChI=1S/C23H20O3/c1-14-8-9-15(2)17(12-14)13-25-21-11-10-19-18-6-4-5-7-20(18)23(24)26-22(19)16(21)3/h4-12H,13H2,1-3H3. The van der Waals surface area contributed by atoms with Gasteiger partial charge in [0.25, 0.3) is 0 Å². The van der Waals surface area contributed by atoms with Crippen LogP contribution in [0.2, 0.25) is 0 Å². The van der Waals surface area contributed by atoms with Gasteiger partial charge in [0, 0.05) is 10.9 Å². The van der Waals surface area contributed by atoms with Gasteiger partial charge in [-0.1, -0.05) is 42.0 Å². The van der Waals surface area contributed by atoms with Gasteiger partial charge in [0.2, 0.25) is 0 Å². The summed E-state index contributed by atoms with van der Waals surface area (Å²) in [5.74, 6) is 0.733. The summed E-state index contributed by atoms with van der Waals surface area (Å²) in [4.78, 5) is 12.3. The number of rotatable bonds is 3. The quantitative estimate of drug-likeness (QED) is 0.366. The van der Waals surface area contributed by atoms with Crippen molar-refractivity contribution in [3.05, 3.63) is 87.3 Å². The van der Waals surface area contributed by atoms with Crippen LogP contribution in [0.15, 0.2) is 63.8 Å². The van der Waals surface area contributed by atoms with Crippen molar-refractivity contribution in [3.63, 3.8) is 0 Å². The molecule has 4 rings (SSSR count). The minimum Gasteiger partial charge on any atom is -0.488 e. The van der Waals surface area contributed by atoms with Gasteiger partial charge in [-0.05, 0) is 55.5 Å². The summed E-state index contributed by atoms with van der Waals surface area (Å²) in [7, 11) is 0. The van der Waals surface area contributed by atoms with E-state index >= 15 is 0 Å². The molecule has 3 nitrogen and oxygen atoms in total. The zero-order valence-electron chi connectivity index (χ0n) is 15.1. The first-order valence-corrected chi connectivity index (χ1v) is 8.68. The highest BCUT2D eigenvalue weighted by atomic mass is 16.5. The van der Waals surface area contributed by atoms with Crippen LogP contribution in [0.4, 0.5) is 0 Å². The van der Waals surface area contributed by atoms with E-state index in [1.54, 1.807) is 6.07 Å². The summed E-state index contributed by atoms with van der Waals surface area (Å²) in [6.45, 7) is 6.57. The van der Waals surface area contributed by atoms with Gasteiger partial charge in [-0.25, -0.2) is 4.79 Å². The third kappa shape index (κ3) is 2.76. The van der Waals surface area contributed by atoms with Gasteiger partial charge in [-0.3, -0.25) is 0 Å². The van der Waals surface area contributed by atoms with Crippen LogP contribution in [0.1, 0.15) is 22.3 Å². The van der Waals surface area contributed by atoms with Crippen molar-refractivity contribution in [1.82, 2.24) is 0 Å². The molecule has 0 saturated carbocycles. The topological polar surface area (TPSA) is 39.4 Å². The Bertz CT molecular complexity index is 1190. The van der Waals surface area contributed by atoms with E-state index in [0.717, 1.165) is 27.6 Å². The molecule has 0 atom stereocenters. The predicted molar refractivity (Wildman–Crippen MR) is 105 cm³/mol. The van der Waals surface area contributed by atoms with Crippen LogP contribution < -0.4 is 10.4 Å². The van der Waals surface area contributed by atoms with E-state index in [1.807, 2.05) is 37.3 Å². The highest BCUT2D eigenvalue weighted by molar-refractivity contribution is 6.05. The summed E-state index contributed by atoms with van der Waals surface area (Å²) >= 11 is 0. The average molecular weight is 344 g/mol. The maximum Gasteiger partial charge on any atom is 0.344 e. The molecule has 1 aromatic heterocycles. The first kappa shape index (κ1) is 16.4. The van der Waals surface area contributed by atoms with Crippen molar-refractivity contribution >= 4 is 21.7 Å². The Morgan fingerprint density at radius 1 is 0.885 bits per heavy atom. The fraction of sp³-hybridized carbons (Fsp3) is 0.174. The van der Waals surface area contributed by atoms with E-state index in [4.69, 9.17) is 9.15 Å². The van der Waals surface area contributed by atoms with Crippen LogP contribution in [-0.2, 0) is 6.61 Å². The van der Waals surface area contributed by atoms with Crippen molar-refractivity contribution in [1.29, 1.82) is 0 Å². The molecule has 0 amide bonds. The number of benzene rings is 3. The van der Waals surface area contributed by atoms with Crippen molar-refractivity contribution in [2.24, 2.45) is 0 Å². The fourth-order valence-electron chi connectivity index (χ4n) is 3.33. The average Bonchev–Trinajstić information content (AvgIpc) is 2.64. The van der Waals surface area contributed by atoms with Crippen molar-refractivity contribution in [3.8, 4) is 5.75 Å². The number of aryl methyl sites for hydroxylation is 3. The third-order valence-corrected chi connectivity index (χ3v) is 4.88. The summed E-state index contributed by atoms with van der Waals surface area (Å²) in [5.41, 5.74) is 4.68. The van der Waals surface area contributed by atoms with Gasteiger partial charge < -0.3 is 9.15 Å². The molecule has 130 valence electrons. The zero-order valence-corrected chi connectivity index (χ0v) is 15.1. The normalized spacial score (nSPS) is 11.2. The Hall–Kier alpha value is -3.07. The fourth-order valence-corrected chi connectivity index (χ4v) is 3.33. The van der Waals surface area contributed by atoms with Gasteiger partial charge in [0.15, 0.2) is 0 Å². The van der Waals surface area contributed by atoms with E-state index in [2.05, 4.69) is 32.0 Å². The SMILES string of the molecule is Cc1ccc(C)c(COc2ccc3c(oc(=O)c4ccccc43)c2C)c1. The van der Waals surface area contributed by atoms with Crippen LogP contribution in [0, 0.1) is 20.8 Å². The number of ether oxygens (including phenoxy) is 1. The molecule has 0 fully saturated rings. The van der Waals surface area contributed by atoms with E-state index in [0.29, 0.717) is 17.6 Å². The van der Waals surface area contributed by atoms with Crippen LogP contribution >= 0.6 is 0 Å². The van der Waals surface area contributed by atoms with E-state index < -0.39 is 0 Å². The molecule has 0 N–H and O–H groups in total. The van der Waals surface area contributed by atoms with Crippen molar-refractivity contribution in [2.45, 2.75) is 27.4 Å². The van der Waals surface area contributed by atoms with Crippen LogP contribution in [0.25, 0.3) is 21.7 Å². The molecule has 3 heteroatoms. The largest absolute Gasteiger partial charge is 0.488 e. The first-order chi connectivity index (χ1) is 12.5.